The van der Waals surface area contributed by atoms with E-state index in [1.807, 2.05) is 38.1 Å². The molecule has 0 bridgehead atoms. The molecule has 32 heavy (non-hydrogen) atoms. The van der Waals surface area contributed by atoms with Gasteiger partial charge in [-0.15, -0.1) is 0 Å². The number of methoxy groups -OCH3 is 1. The number of aliphatic hydroxyl groups excluding tert-OH is 1. The first-order valence-electron chi connectivity index (χ1n) is 10.4. The third-order valence-corrected chi connectivity index (χ3v) is 8.10. The van der Waals surface area contributed by atoms with Crippen molar-refractivity contribution in [3.05, 3.63) is 64.1 Å². The predicted molar refractivity (Wildman–Crippen MR) is 130 cm³/mol. The summed E-state index contributed by atoms with van der Waals surface area (Å²) >= 11 is 12.2. The van der Waals surface area contributed by atoms with E-state index in [9.17, 15) is 13.5 Å². The van der Waals surface area contributed by atoms with Gasteiger partial charge in [0.25, 0.3) is 0 Å². The summed E-state index contributed by atoms with van der Waals surface area (Å²) < 4.78 is 32.9. The molecule has 2 aromatic carbocycles. The molecule has 2 rings (SSSR count). The van der Waals surface area contributed by atoms with Crippen LogP contribution in [0.3, 0.4) is 0 Å². The highest BCUT2D eigenvalue weighted by Gasteiger charge is 2.28. The van der Waals surface area contributed by atoms with Gasteiger partial charge < -0.3 is 9.84 Å². The summed E-state index contributed by atoms with van der Waals surface area (Å²) in [6, 6.07) is 13.6. The maximum absolute atomic E-state index is 12.9. The highest BCUT2D eigenvalue weighted by atomic mass is 35.5. The number of benzene rings is 2. The zero-order valence-corrected chi connectivity index (χ0v) is 21.2. The summed E-state index contributed by atoms with van der Waals surface area (Å²) in [4.78, 5) is 2.31. The van der Waals surface area contributed by atoms with Crippen molar-refractivity contribution in [1.82, 2.24) is 9.21 Å². The monoisotopic (exact) mass is 502 g/mol. The van der Waals surface area contributed by atoms with Crippen LogP contribution in [0.1, 0.15) is 19.4 Å². The topological polar surface area (TPSA) is 70.1 Å². The Balaban J connectivity index is 2.12. The molecule has 0 aromatic heterocycles. The molecule has 0 aliphatic heterocycles. The van der Waals surface area contributed by atoms with Crippen molar-refractivity contribution in [2.45, 2.75) is 37.4 Å². The van der Waals surface area contributed by atoms with Gasteiger partial charge in [-0.25, -0.2) is 8.42 Å². The zero-order valence-electron chi connectivity index (χ0n) is 18.9. The van der Waals surface area contributed by atoms with E-state index in [0.717, 1.165) is 5.56 Å². The van der Waals surface area contributed by atoms with Gasteiger partial charge in [0.15, 0.2) is 0 Å². The van der Waals surface area contributed by atoms with Gasteiger partial charge in [0.2, 0.25) is 10.0 Å². The molecule has 178 valence electrons. The minimum Gasteiger partial charge on any atom is -0.395 e. The van der Waals surface area contributed by atoms with Gasteiger partial charge in [0, 0.05) is 49.9 Å². The number of aliphatic hydroxyl groups is 1. The number of halogens is 2. The van der Waals surface area contributed by atoms with Gasteiger partial charge in [-0.2, -0.15) is 4.31 Å². The summed E-state index contributed by atoms with van der Waals surface area (Å²) in [5.74, 6) is -0.0145. The Kier molecular flexibility index (Phi) is 10.4. The van der Waals surface area contributed by atoms with E-state index < -0.39 is 10.0 Å². The third-order valence-electron chi connectivity index (χ3n) is 5.64. The molecule has 3 atom stereocenters. The molecule has 0 amide bonds. The molecule has 0 saturated heterocycles. The van der Waals surface area contributed by atoms with E-state index in [2.05, 4.69) is 4.90 Å². The molecule has 0 aliphatic carbocycles. The van der Waals surface area contributed by atoms with E-state index in [1.54, 1.807) is 26.3 Å². The van der Waals surface area contributed by atoms with Crippen molar-refractivity contribution < 1.29 is 18.3 Å². The van der Waals surface area contributed by atoms with Gasteiger partial charge in [-0.3, -0.25) is 4.90 Å². The lowest BCUT2D eigenvalue weighted by molar-refractivity contribution is 0.0194. The van der Waals surface area contributed by atoms with Crippen LogP contribution in [0.25, 0.3) is 0 Å². The Hall–Kier alpha value is -1.19. The Morgan fingerprint density at radius 3 is 2.22 bits per heavy atom. The van der Waals surface area contributed by atoms with Gasteiger partial charge in [-0.05, 0) is 48.7 Å². The van der Waals surface area contributed by atoms with Gasteiger partial charge >= 0.3 is 0 Å². The lowest BCUT2D eigenvalue weighted by Crippen LogP contribution is -2.44. The lowest BCUT2D eigenvalue weighted by Gasteiger charge is -2.34. The summed E-state index contributed by atoms with van der Waals surface area (Å²) in [6.45, 7) is 5.32. The average molecular weight is 503 g/mol. The first kappa shape index (κ1) is 27.1. The molecule has 0 saturated carbocycles. The molecule has 0 aliphatic rings. The molecular formula is C23H32Cl2N2O4S. The van der Waals surface area contributed by atoms with Crippen LogP contribution in [0.5, 0.6) is 0 Å². The molecule has 0 spiro atoms. The number of hydrogen-bond donors (Lipinski definition) is 1. The first-order chi connectivity index (χ1) is 15.1. The van der Waals surface area contributed by atoms with Crippen molar-refractivity contribution in [3.8, 4) is 0 Å². The molecular weight excluding hydrogens is 471 g/mol. The van der Waals surface area contributed by atoms with E-state index in [4.69, 9.17) is 27.9 Å². The molecule has 1 N–H and O–H groups in total. The Morgan fingerprint density at radius 2 is 1.66 bits per heavy atom. The fourth-order valence-electron chi connectivity index (χ4n) is 3.47. The van der Waals surface area contributed by atoms with Crippen molar-refractivity contribution in [2.75, 3.05) is 33.9 Å². The Morgan fingerprint density at radius 1 is 1.03 bits per heavy atom. The number of rotatable bonds is 12. The van der Waals surface area contributed by atoms with Crippen molar-refractivity contribution in [2.24, 2.45) is 5.92 Å². The second-order valence-corrected chi connectivity index (χ2v) is 10.9. The summed E-state index contributed by atoms with van der Waals surface area (Å²) in [6.07, 6.45) is -0.346. The normalized spacial score (nSPS) is 15.2. The van der Waals surface area contributed by atoms with Crippen LogP contribution < -0.4 is 0 Å². The third kappa shape index (κ3) is 7.15. The average Bonchev–Trinajstić information content (AvgIpc) is 2.77. The molecule has 0 radical (unpaired) electrons. The van der Waals surface area contributed by atoms with Crippen molar-refractivity contribution in [1.29, 1.82) is 0 Å². The molecule has 0 unspecified atom stereocenters. The zero-order chi connectivity index (χ0) is 23.9. The lowest BCUT2D eigenvalue weighted by atomic mass is 10.0. The molecule has 2 aromatic rings. The number of sulfonamides is 1. The van der Waals surface area contributed by atoms with Crippen LogP contribution in [-0.4, -0.2) is 68.7 Å². The fraction of sp³-hybridized carbons (Fsp3) is 0.478. The standard InChI is InChI=1S/C23H32Cl2N2O4S/c1-17(13-27(18(2)16-28)14-19-7-5-6-8-22(19)25)23(31-4)15-26(3)32(29,30)21-11-9-20(24)10-12-21/h5-12,17-18,23,28H,13-16H2,1-4H3/t17-,18-,23+/m0/s1. The minimum absolute atomic E-state index is 0.000327. The molecule has 0 heterocycles. The number of nitrogens with zero attached hydrogens (tertiary/aromatic N) is 2. The highest BCUT2D eigenvalue weighted by Crippen LogP contribution is 2.22. The van der Waals surface area contributed by atoms with E-state index in [1.165, 1.54) is 16.4 Å². The van der Waals surface area contributed by atoms with Crippen LogP contribution in [0.2, 0.25) is 10.0 Å². The van der Waals surface area contributed by atoms with Crippen LogP contribution >= 0.6 is 23.2 Å². The van der Waals surface area contributed by atoms with E-state index >= 15 is 0 Å². The smallest absolute Gasteiger partial charge is 0.242 e. The summed E-state index contributed by atoms with van der Waals surface area (Å²) in [5.41, 5.74) is 0.970. The Bertz CT molecular complexity index is 957. The fourth-order valence-corrected chi connectivity index (χ4v) is 4.98. The summed E-state index contributed by atoms with van der Waals surface area (Å²) in [5, 5.41) is 10.9. The molecule has 6 nitrogen and oxygen atoms in total. The van der Waals surface area contributed by atoms with Crippen molar-refractivity contribution in [3.63, 3.8) is 0 Å². The van der Waals surface area contributed by atoms with Crippen LogP contribution in [0, 0.1) is 5.92 Å². The second-order valence-electron chi connectivity index (χ2n) is 8.04. The quantitative estimate of drug-likeness (QED) is 0.472. The number of ether oxygens (including phenoxy) is 1. The number of likely N-dealkylation sites (N-methyl/N-ethyl adjacent to an activating group) is 1. The van der Waals surface area contributed by atoms with Crippen LogP contribution in [-0.2, 0) is 21.3 Å². The van der Waals surface area contributed by atoms with Crippen LogP contribution in [0.15, 0.2) is 53.4 Å². The van der Waals surface area contributed by atoms with E-state index in [0.29, 0.717) is 23.1 Å². The SMILES string of the molecule is CO[C@H](CN(C)S(=O)(=O)c1ccc(Cl)cc1)[C@@H](C)CN(Cc1ccccc1Cl)[C@@H](C)CO. The molecule has 0 fully saturated rings. The number of hydrogen-bond acceptors (Lipinski definition) is 5. The second kappa shape index (κ2) is 12.3. The van der Waals surface area contributed by atoms with Crippen LogP contribution in [0.4, 0.5) is 0 Å². The minimum atomic E-state index is -3.67. The highest BCUT2D eigenvalue weighted by molar-refractivity contribution is 7.89. The largest absolute Gasteiger partial charge is 0.395 e. The van der Waals surface area contributed by atoms with Gasteiger partial charge in [-0.1, -0.05) is 48.3 Å². The van der Waals surface area contributed by atoms with Crippen molar-refractivity contribution >= 4 is 33.2 Å². The van der Waals surface area contributed by atoms with E-state index in [-0.39, 0.29) is 36.1 Å². The summed E-state index contributed by atoms with van der Waals surface area (Å²) in [7, 11) is -0.551. The molecule has 9 heteroatoms. The Labute approximate surface area is 201 Å². The predicted octanol–water partition coefficient (Wildman–Crippen LogP) is 4.15. The van der Waals surface area contributed by atoms with Gasteiger partial charge in [0.05, 0.1) is 17.6 Å². The first-order valence-corrected chi connectivity index (χ1v) is 12.6. The maximum atomic E-state index is 12.9. The van der Waals surface area contributed by atoms with Gasteiger partial charge in [0.1, 0.15) is 0 Å². The maximum Gasteiger partial charge on any atom is 0.242 e.